The molecule has 1 aliphatic rings. The van der Waals surface area contributed by atoms with Crippen LogP contribution in [0.1, 0.15) is 29.2 Å². The van der Waals surface area contributed by atoms with Gasteiger partial charge in [0.1, 0.15) is 11.5 Å². The van der Waals surface area contributed by atoms with Crippen LogP contribution in [0.3, 0.4) is 0 Å². The van der Waals surface area contributed by atoms with Gasteiger partial charge in [0.05, 0.1) is 19.8 Å². The summed E-state index contributed by atoms with van der Waals surface area (Å²) in [6.07, 6.45) is 0.913. The Balaban J connectivity index is 0.00000243. The Bertz CT molecular complexity index is 764. The summed E-state index contributed by atoms with van der Waals surface area (Å²) in [5.41, 5.74) is 3.51. The first-order valence-corrected chi connectivity index (χ1v) is 8.53. The van der Waals surface area contributed by atoms with Gasteiger partial charge < -0.3 is 20.1 Å². The van der Waals surface area contributed by atoms with Crippen LogP contribution in [0.5, 0.6) is 11.5 Å². The molecule has 0 aliphatic carbocycles. The smallest absolute Gasteiger partial charge is 0.191 e. The summed E-state index contributed by atoms with van der Waals surface area (Å²) < 4.78 is 11.1. The van der Waals surface area contributed by atoms with E-state index in [1.165, 1.54) is 11.1 Å². The van der Waals surface area contributed by atoms with E-state index in [0.29, 0.717) is 13.2 Å². The number of methoxy groups -OCH3 is 1. The molecule has 0 fully saturated rings. The Hall–Kier alpha value is -1.96. The molecule has 6 heteroatoms. The van der Waals surface area contributed by atoms with Crippen LogP contribution in [0, 0.1) is 6.92 Å². The summed E-state index contributed by atoms with van der Waals surface area (Å²) in [7, 11) is 3.48. The van der Waals surface area contributed by atoms with Crippen LogP contribution in [0.15, 0.2) is 47.5 Å². The molecule has 0 aromatic heterocycles. The fourth-order valence-electron chi connectivity index (χ4n) is 3.08. The van der Waals surface area contributed by atoms with Gasteiger partial charge in [-0.1, -0.05) is 24.3 Å². The van der Waals surface area contributed by atoms with Gasteiger partial charge in [-0.2, -0.15) is 0 Å². The number of rotatable bonds is 4. The van der Waals surface area contributed by atoms with Crippen molar-refractivity contribution >= 4 is 29.9 Å². The maximum atomic E-state index is 5.72. The second-order valence-electron chi connectivity index (χ2n) is 6.16. The van der Waals surface area contributed by atoms with E-state index in [9.17, 15) is 0 Å². The predicted octanol–water partition coefficient (Wildman–Crippen LogP) is 3.81. The molecule has 5 nitrogen and oxygen atoms in total. The van der Waals surface area contributed by atoms with Crippen molar-refractivity contribution in [2.45, 2.75) is 25.9 Å². The first-order chi connectivity index (χ1) is 12.2. The van der Waals surface area contributed by atoms with Crippen molar-refractivity contribution in [1.82, 2.24) is 10.6 Å². The van der Waals surface area contributed by atoms with Crippen LogP contribution in [0.2, 0.25) is 0 Å². The lowest BCUT2D eigenvalue weighted by atomic mass is 10.0. The quantitative estimate of drug-likeness (QED) is 0.408. The molecule has 0 saturated heterocycles. The minimum atomic E-state index is 0. The second kappa shape index (κ2) is 9.66. The SMILES string of the molecule is CN=C(NCc1cc(C)cc(OC)c1)NC1CCOc2ccccc21.I. The predicted molar refractivity (Wildman–Crippen MR) is 116 cm³/mol. The molecule has 2 aromatic rings. The molecule has 0 bridgehead atoms. The van der Waals surface area contributed by atoms with E-state index in [1.54, 1.807) is 14.2 Å². The zero-order chi connectivity index (χ0) is 17.6. The summed E-state index contributed by atoms with van der Waals surface area (Å²) in [4.78, 5) is 4.36. The average molecular weight is 467 g/mol. The van der Waals surface area contributed by atoms with Gasteiger partial charge in [-0.15, -0.1) is 24.0 Å². The molecule has 0 amide bonds. The Morgan fingerprint density at radius 1 is 1.27 bits per heavy atom. The highest BCUT2D eigenvalue weighted by molar-refractivity contribution is 14.0. The van der Waals surface area contributed by atoms with Crippen molar-refractivity contribution in [3.05, 3.63) is 59.2 Å². The van der Waals surface area contributed by atoms with E-state index < -0.39 is 0 Å². The number of halogens is 1. The molecular weight excluding hydrogens is 441 g/mol. The van der Waals surface area contributed by atoms with Crippen molar-refractivity contribution in [3.8, 4) is 11.5 Å². The Labute approximate surface area is 172 Å². The largest absolute Gasteiger partial charge is 0.497 e. The van der Waals surface area contributed by atoms with Gasteiger partial charge in [-0.25, -0.2) is 0 Å². The number of ether oxygens (including phenoxy) is 2. The number of aryl methyl sites for hydroxylation is 1. The number of hydrogen-bond donors (Lipinski definition) is 2. The van der Waals surface area contributed by atoms with E-state index in [2.05, 4.69) is 34.7 Å². The molecule has 1 atom stereocenters. The summed E-state index contributed by atoms with van der Waals surface area (Å²) in [6.45, 7) is 3.46. The highest BCUT2D eigenvalue weighted by Gasteiger charge is 2.21. The monoisotopic (exact) mass is 467 g/mol. The number of benzene rings is 2. The third kappa shape index (κ3) is 5.03. The minimum absolute atomic E-state index is 0. The number of nitrogens with zero attached hydrogens (tertiary/aromatic N) is 1. The van der Waals surface area contributed by atoms with Gasteiger partial charge >= 0.3 is 0 Å². The standard InChI is InChI=1S/C20H25N3O2.HI/c1-14-10-15(12-16(11-14)24-3)13-22-20(21-2)23-18-8-9-25-19-7-5-4-6-17(18)19;/h4-7,10-12,18H,8-9,13H2,1-3H3,(H2,21,22,23);1H. The lowest BCUT2D eigenvalue weighted by molar-refractivity contribution is 0.261. The molecule has 0 radical (unpaired) electrons. The third-order valence-corrected chi connectivity index (χ3v) is 4.30. The highest BCUT2D eigenvalue weighted by Crippen LogP contribution is 2.31. The van der Waals surface area contributed by atoms with Crippen LogP contribution in [-0.4, -0.2) is 26.7 Å². The highest BCUT2D eigenvalue weighted by atomic mass is 127. The van der Waals surface area contributed by atoms with E-state index in [0.717, 1.165) is 29.4 Å². The van der Waals surface area contributed by atoms with Gasteiger partial charge in [-0.05, 0) is 36.2 Å². The van der Waals surface area contributed by atoms with Crippen LogP contribution in [-0.2, 0) is 6.54 Å². The molecule has 140 valence electrons. The zero-order valence-corrected chi connectivity index (χ0v) is 17.7. The summed E-state index contributed by atoms with van der Waals surface area (Å²) >= 11 is 0. The molecule has 2 N–H and O–H groups in total. The van der Waals surface area contributed by atoms with E-state index in [4.69, 9.17) is 9.47 Å². The lowest BCUT2D eigenvalue weighted by Gasteiger charge is -2.28. The Morgan fingerprint density at radius 2 is 2.08 bits per heavy atom. The molecule has 26 heavy (non-hydrogen) atoms. The van der Waals surface area contributed by atoms with E-state index in [-0.39, 0.29) is 30.0 Å². The lowest BCUT2D eigenvalue weighted by Crippen LogP contribution is -2.40. The Kier molecular flexibility index (Phi) is 7.56. The van der Waals surface area contributed by atoms with Crippen LogP contribution in [0.4, 0.5) is 0 Å². The molecule has 0 saturated carbocycles. The number of fused-ring (bicyclic) bond motifs is 1. The summed E-state index contributed by atoms with van der Waals surface area (Å²) in [5.74, 6) is 2.60. The molecule has 1 aliphatic heterocycles. The maximum Gasteiger partial charge on any atom is 0.191 e. The zero-order valence-electron chi connectivity index (χ0n) is 15.4. The molecular formula is C20H26IN3O2. The van der Waals surface area contributed by atoms with Crippen LogP contribution < -0.4 is 20.1 Å². The topological polar surface area (TPSA) is 54.9 Å². The van der Waals surface area contributed by atoms with Crippen molar-refractivity contribution in [1.29, 1.82) is 0 Å². The molecule has 0 spiro atoms. The van der Waals surface area contributed by atoms with Crippen LogP contribution >= 0.6 is 24.0 Å². The maximum absolute atomic E-state index is 5.72. The van der Waals surface area contributed by atoms with Crippen molar-refractivity contribution in [2.75, 3.05) is 20.8 Å². The van der Waals surface area contributed by atoms with Gasteiger partial charge in [0.25, 0.3) is 0 Å². The number of aliphatic imine (C=N–C) groups is 1. The van der Waals surface area contributed by atoms with E-state index >= 15 is 0 Å². The second-order valence-corrected chi connectivity index (χ2v) is 6.16. The van der Waals surface area contributed by atoms with Crippen LogP contribution in [0.25, 0.3) is 0 Å². The van der Waals surface area contributed by atoms with Crippen molar-refractivity contribution < 1.29 is 9.47 Å². The number of nitrogens with one attached hydrogen (secondary N) is 2. The average Bonchev–Trinajstić information content (AvgIpc) is 2.64. The molecule has 3 rings (SSSR count). The molecule has 1 heterocycles. The normalized spacial score (nSPS) is 16.0. The number of hydrogen-bond acceptors (Lipinski definition) is 3. The van der Waals surface area contributed by atoms with E-state index in [1.807, 2.05) is 30.3 Å². The third-order valence-electron chi connectivity index (χ3n) is 4.30. The van der Waals surface area contributed by atoms with Crippen molar-refractivity contribution in [2.24, 2.45) is 4.99 Å². The fourth-order valence-corrected chi connectivity index (χ4v) is 3.08. The summed E-state index contributed by atoms with van der Waals surface area (Å²) in [6, 6.07) is 14.6. The number of para-hydroxylation sites is 1. The van der Waals surface area contributed by atoms with Crippen molar-refractivity contribution in [3.63, 3.8) is 0 Å². The van der Waals surface area contributed by atoms with Gasteiger partial charge in [0, 0.05) is 25.6 Å². The number of guanidine groups is 1. The van der Waals surface area contributed by atoms with Gasteiger partial charge in [0.15, 0.2) is 5.96 Å². The van der Waals surface area contributed by atoms with Gasteiger partial charge in [-0.3, -0.25) is 4.99 Å². The summed E-state index contributed by atoms with van der Waals surface area (Å²) in [5, 5.41) is 6.89. The molecule has 1 unspecified atom stereocenters. The molecule has 2 aromatic carbocycles. The first kappa shape index (κ1) is 20.4. The first-order valence-electron chi connectivity index (χ1n) is 8.53. The fraction of sp³-hybridized carbons (Fsp3) is 0.350. The van der Waals surface area contributed by atoms with Gasteiger partial charge in [0.2, 0.25) is 0 Å². The Morgan fingerprint density at radius 3 is 2.85 bits per heavy atom. The minimum Gasteiger partial charge on any atom is -0.497 e.